The maximum absolute atomic E-state index is 12.1. The van der Waals surface area contributed by atoms with E-state index in [1.54, 1.807) is 0 Å². The third-order valence-corrected chi connectivity index (χ3v) is 4.21. The molecule has 0 bridgehead atoms. The van der Waals surface area contributed by atoms with Gasteiger partial charge in [0.2, 0.25) is 5.91 Å². The van der Waals surface area contributed by atoms with Crippen LogP contribution in [0.2, 0.25) is 0 Å². The van der Waals surface area contributed by atoms with Crippen LogP contribution in [-0.4, -0.2) is 12.5 Å². The second kappa shape index (κ2) is 8.77. The lowest BCUT2D eigenvalue weighted by Gasteiger charge is -2.13. The Morgan fingerprint density at radius 2 is 1.92 bits per heavy atom. The lowest BCUT2D eigenvalue weighted by atomic mass is 10.1. The van der Waals surface area contributed by atoms with E-state index in [-0.39, 0.29) is 18.3 Å². The van der Waals surface area contributed by atoms with Crippen LogP contribution in [0.1, 0.15) is 29.5 Å². The van der Waals surface area contributed by atoms with E-state index >= 15 is 0 Å². The summed E-state index contributed by atoms with van der Waals surface area (Å²) < 4.78 is 5.94. The Labute approximate surface area is 155 Å². The Morgan fingerprint density at radius 3 is 2.60 bits per heavy atom. The van der Waals surface area contributed by atoms with E-state index in [1.165, 1.54) is 12.8 Å². The summed E-state index contributed by atoms with van der Waals surface area (Å²) in [4.78, 5) is 12.1. The van der Waals surface area contributed by atoms with Crippen molar-refractivity contribution in [3.63, 3.8) is 0 Å². The van der Waals surface area contributed by atoms with Gasteiger partial charge in [0.25, 0.3) is 0 Å². The van der Waals surface area contributed by atoms with E-state index in [0.717, 1.165) is 29.0 Å². The summed E-state index contributed by atoms with van der Waals surface area (Å²) in [5.74, 6) is 1.58. The van der Waals surface area contributed by atoms with Crippen molar-refractivity contribution in [1.82, 2.24) is 5.32 Å². The van der Waals surface area contributed by atoms with Crippen LogP contribution in [0.4, 0.5) is 5.69 Å². The lowest BCUT2D eigenvalue weighted by Crippen LogP contribution is -2.25. The smallest absolute Gasteiger partial charge is 0.224 e. The number of benzene rings is 2. The highest BCUT2D eigenvalue weighted by Crippen LogP contribution is 2.30. The molecule has 0 aromatic heterocycles. The second-order valence-corrected chi connectivity index (χ2v) is 6.56. The molecule has 25 heavy (non-hydrogen) atoms. The molecule has 1 aliphatic carbocycles. The van der Waals surface area contributed by atoms with Gasteiger partial charge in [-0.05, 0) is 55.0 Å². The van der Waals surface area contributed by atoms with Gasteiger partial charge in [-0.25, -0.2) is 0 Å². The van der Waals surface area contributed by atoms with Crippen molar-refractivity contribution in [2.45, 2.75) is 32.7 Å². The Hall–Kier alpha value is -2.20. The molecule has 0 spiro atoms. The van der Waals surface area contributed by atoms with Gasteiger partial charge in [0.05, 0.1) is 13.0 Å². The number of nitrogens with one attached hydrogen (secondary N) is 1. The van der Waals surface area contributed by atoms with E-state index < -0.39 is 0 Å². The van der Waals surface area contributed by atoms with E-state index in [4.69, 9.17) is 10.5 Å². The standard InChI is InChI=1S/C20H24N2O2.ClH/c1-14-2-7-17(19(10-14)24-13-16-3-4-16)12-22-20(23)11-15-5-8-18(21)9-6-15;/h2,5-10,16H,3-4,11-13,21H2,1H3,(H,22,23);1H. The van der Waals surface area contributed by atoms with E-state index in [1.807, 2.05) is 49.4 Å². The first kappa shape index (κ1) is 19.1. The highest BCUT2D eigenvalue weighted by atomic mass is 35.5. The van der Waals surface area contributed by atoms with E-state index in [9.17, 15) is 4.79 Å². The number of anilines is 1. The maximum atomic E-state index is 12.1. The fraction of sp³-hybridized carbons (Fsp3) is 0.350. The van der Waals surface area contributed by atoms with Gasteiger partial charge in [0.15, 0.2) is 0 Å². The molecule has 0 heterocycles. The molecule has 1 saturated carbocycles. The van der Waals surface area contributed by atoms with Crippen LogP contribution in [0.15, 0.2) is 42.5 Å². The molecule has 0 radical (unpaired) electrons. The van der Waals surface area contributed by atoms with Gasteiger partial charge in [-0.1, -0.05) is 24.3 Å². The summed E-state index contributed by atoms with van der Waals surface area (Å²) in [6, 6.07) is 13.5. The van der Waals surface area contributed by atoms with Crippen molar-refractivity contribution in [3.05, 3.63) is 59.2 Å². The molecule has 3 N–H and O–H groups in total. The summed E-state index contributed by atoms with van der Waals surface area (Å²) in [6.07, 6.45) is 2.88. The number of amides is 1. The number of hydrogen-bond donors (Lipinski definition) is 2. The van der Waals surface area contributed by atoms with Crippen molar-refractivity contribution >= 4 is 24.0 Å². The molecule has 1 fully saturated rings. The topological polar surface area (TPSA) is 64.4 Å². The summed E-state index contributed by atoms with van der Waals surface area (Å²) in [7, 11) is 0. The highest BCUT2D eigenvalue weighted by molar-refractivity contribution is 5.85. The molecule has 0 saturated heterocycles. The van der Waals surface area contributed by atoms with Crippen LogP contribution in [0.5, 0.6) is 5.75 Å². The van der Waals surface area contributed by atoms with Crippen molar-refractivity contribution in [1.29, 1.82) is 0 Å². The van der Waals surface area contributed by atoms with Gasteiger partial charge in [-0.3, -0.25) is 4.79 Å². The minimum atomic E-state index is -0.00603. The summed E-state index contributed by atoms with van der Waals surface area (Å²) in [5.41, 5.74) is 9.50. The van der Waals surface area contributed by atoms with Gasteiger partial charge in [0.1, 0.15) is 5.75 Å². The van der Waals surface area contributed by atoms with Gasteiger partial charge in [-0.15, -0.1) is 12.4 Å². The van der Waals surface area contributed by atoms with E-state index in [2.05, 4.69) is 5.32 Å². The first-order chi connectivity index (χ1) is 11.6. The number of hydrogen-bond acceptors (Lipinski definition) is 3. The predicted octanol–water partition coefficient (Wildman–Crippen LogP) is 3.65. The molecule has 1 amide bonds. The van der Waals surface area contributed by atoms with Gasteiger partial charge in [0, 0.05) is 17.8 Å². The van der Waals surface area contributed by atoms with Gasteiger partial charge < -0.3 is 15.8 Å². The molecular weight excluding hydrogens is 336 g/mol. The number of aryl methyl sites for hydroxylation is 1. The zero-order valence-corrected chi connectivity index (χ0v) is 15.3. The minimum absolute atomic E-state index is 0. The number of nitrogen functional groups attached to an aromatic ring is 1. The van der Waals surface area contributed by atoms with Crippen LogP contribution in [0.3, 0.4) is 0 Å². The third kappa shape index (κ3) is 5.98. The Balaban J connectivity index is 0.00000225. The summed E-state index contributed by atoms with van der Waals surface area (Å²) in [5, 5.41) is 2.97. The van der Waals surface area contributed by atoms with Crippen LogP contribution in [0.25, 0.3) is 0 Å². The number of carbonyl (C=O) groups is 1. The normalized spacial score (nSPS) is 13.0. The zero-order valence-electron chi connectivity index (χ0n) is 14.5. The van der Waals surface area contributed by atoms with Crippen LogP contribution < -0.4 is 15.8 Å². The van der Waals surface area contributed by atoms with Crippen molar-refractivity contribution in [2.75, 3.05) is 12.3 Å². The molecule has 2 aromatic carbocycles. The SMILES string of the molecule is Cc1ccc(CNC(=O)Cc2ccc(N)cc2)c(OCC2CC2)c1.Cl. The lowest BCUT2D eigenvalue weighted by molar-refractivity contribution is -0.120. The number of nitrogens with two attached hydrogens (primary N) is 1. The maximum Gasteiger partial charge on any atom is 0.224 e. The summed E-state index contributed by atoms with van der Waals surface area (Å²) >= 11 is 0. The number of carbonyl (C=O) groups excluding carboxylic acids is 1. The monoisotopic (exact) mass is 360 g/mol. The average Bonchev–Trinajstić information content (AvgIpc) is 3.38. The largest absolute Gasteiger partial charge is 0.493 e. The number of rotatable bonds is 7. The molecule has 1 aliphatic rings. The Kier molecular flexibility index (Phi) is 6.71. The molecule has 0 atom stereocenters. The molecular formula is C20H25ClN2O2. The van der Waals surface area contributed by atoms with Gasteiger partial charge in [-0.2, -0.15) is 0 Å². The zero-order chi connectivity index (χ0) is 16.9. The van der Waals surface area contributed by atoms with Crippen LogP contribution in [0, 0.1) is 12.8 Å². The van der Waals surface area contributed by atoms with Crippen molar-refractivity contribution in [2.24, 2.45) is 5.92 Å². The minimum Gasteiger partial charge on any atom is -0.493 e. The quantitative estimate of drug-likeness (QED) is 0.741. The van der Waals surface area contributed by atoms with Crippen LogP contribution in [-0.2, 0) is 17.8 Å². The number of halogens is 1. The first-order valence-electron chi connectivity index (χ1n) is 8.43. The molecule has 4 nitrogen and oxygen atoms in total. The first-order valence-corrected chi connectivity index (χ1v) is 8.43. The van der Waals surface area contributed by atoms with E-state index in [0.29, 0.717) is 24.6 Å². The highest BCUT2D eigenvalue weighted by Gasteiger charge is 2.22. The fourth-order valence-corrected chi connectivity index (χ4v) is 2.51. The number of ether oxygens (including phenoxy) is 1. The molecule has 2 aromatic rings. The average molecular weight is 361 g/mol. The molecule has 134 valence electrons. The molecule has 0 aliphatic heterocycles. The van der Waals surface area contributed by atoms with Crippen LogP contribution >= 0.6 is 12.4 Å². The van der Waals surface area contributed by atoms with Crippen molar-refractivity contribution < 1.29 is 9.53 Å². The van der Waals surface area contributed by atoms with Gasteiger partial charge >= 0.3 is 0 Å². The molecule has 0 unspecified atom stereocenters. The van der Waals surface area contributed by atoms with Crippen molar-refractivity contribution in [3.8, 4) is 5.75 Å². The second-order valence-electron chi connectivity index (χ2n) is 6.56. The molecule has 5 heteroatoms. The Morgan fingerprint density at radius 1 is 1.20 bits per heavy atom. The Bertz CT molecular complexity index is 712. The molecule has 3 rings (SSSR count). The third-order valence-electron chi connectivity index (χ3n) is 4.21. The predicted molar refractivity (Wildman–Crippen MR) is 103 cm³/mol. The summed E-state index contributed by atoms with van der Waals surface area (Å²) in [6.45, 7) is 3.30. The fourth-order valence-electron chi connectivity index (χ4n) is 2.51.